The first-order valence-electron chi connectivity index (χ1n) is 8.24. The Bertz CT molecular complexity index is 634. The van der Waals surface area contributed by atoms with E-state index in [1.165, 1.54) is 17.7 Å². The summed E-state index contributed by atoms with van der Waals surface area (Å²) >= 11 is 0. The Labute approximate surface area is 136 Å². The molecule has 0 amide bonds. The Kier molecular flexibility index (Phi) is 5.08. The van der Waals surface area contributed by atoms with Crippen molar-refractivity contribution < 1.29 is 9.13 Å². The molecule has 0 aliphatic carbocycles. The van der Waals surface area contributed by atoms with Gasteiger partial charge in [0.25, 0.3) is 0 Å². The molecule has 2 aromatic rings. The summed E-state index contributed by atoms with van der Waals surface area (Å²) in [4.78, 5) is 2.29. The maximum Gasteiger partial charge on any atom is 0.123 e. The molecule has 4 nitrogen and oxygen atoms in total. The molecule has 0 bridgehead atoms. The summed E-state index contributed by atoms with van der Waals surface area (Å²) in [6.45, 7) is 6.59. The summed E-state index contributed by atoms with van der Waals surface area (Å²) < 4.78 is 20.5. The fraction of sp³-hybridized carbons (Fsp3) is 0.500. The van der Waals surface area contributed by atoms with Gasteiger partial charge in [-0.05, 0) is 44.3 Å². The SMILES string of the molecule is CCCN(C)Cc1cn(CC2COC2)nc1-c1ccc(F)cc1. The van der Waals surface area contributed by atoms with Crippen LogP contribution in [0.2, 0.25) is 0 Å². The highest BCUT2D eigenvalue weighted by Gasteiger charge is 2.21. The molecule has 0 spiro atoms. The zero-order chi connectivity index (χ0) is 16.2. The third-order valence-corrected chi connectivity index (χ3v) is 4.15. The lowest BCUT2D eigenvalue weighted by molar-refractivity contribution is -0.0408. The number of hydrogen-bond donors (Lipinski definition) is 0. The summed E-state index contributed by atoms with van der Waals surface area (Å²) in [5.74, 6) is 0.335. The molecular weight excluding hydrogens is 293 g/mol. The van der Waals surface area contributed by atoms with Gasteiger partial charge in [0.1, 0.15) is 5.82 Å². The Balaban J connectivity index is 1.85. The Morgan fingerprint density at radius 3 is 2.65 bits per heavy atom. The van der Waals surface area contributed by atoms with Gasteiger partial charge in [0, 0.05) is 36.3 Å². The summed E-state index contributed by atoms with van der Waals surface area (Å²) in [5, 5.41) is 4.76. The molecule has 1 fully saturated rings. The number of halogens is 1. The van der Waals surface area contributed by atoms with Crippen LogP contribution in [0.4, 0.5) is 4.39 Å². The van der Waals surface area contributed by atoms with Crippen LogP contribution in [0.1, 0.15) is 18.9 Å². The topological polar surface area (TPSA) is 30.3 Å². The quantitative estimate of drug-likeness (QED) is 0.786. The fourth-order valence-corrected chi connectivity index (χ4v) is 2.93. The van der Waals surface area contributed by atoms with Gasteiger partial charge in [0.2, 0.25) is 0 Å². The number of hydrogen-bond acceptors (Lipinski definition) is 3. The second-order valence-electron chi connectivity index (χ2n) is 6.37. The molecule has 3 rings (SSSR count). The van der Waals surface area contributed by atoms with Crippen LogP contribution in [0.3, 0.4) is 0 Å². The highest BCUT2D eigenvalue weighted by Crippen LogP contribution is 2.24. The Hall–Kier alpha value is -1.72. The Morgan fingerprint density at radius 1 is 1.30 bits per heavy atom. The van der Waals surface area contributed by atoms with E-state index in [0.717, 1.165) is 50.5 Å². The van der Waals surface area contributed by atoms with E-state index in [9.17, 15) is 4.39 Å². The van der Waals surface area contributed by atoms with Crippen molar-refractivity contribution in [3.63, 3.8) is 0 Å². The van der Waals surface area contributed by atoms with Gasteiger partial charge in [-0.15, -0.1) is 0 Å². The van der Waals surface area contributed by atoms with Crippen LogP contribution in [0.15, 0.2) is 30.5 Å². The number of rotatable bonds is 7. The van der Waals surface area contributed by atoms with Crippen LogP contribution in [0.5, 0.6) is 0 Å². The van der Waals surface area contributed by atoms with Gasteiger partial charge >= 0.3 is 0 Å². The first kappa shape index (κ1) is 16.1. The average Bonchev–Trinajstić information content (AvgIpc) is 2.87. The minimum absolute atomic E-state index is 0.218. The van der Waals surface area contributed by atoms with Crippen LogP contribution in [-0.2, 0) is 17.8 Å². The van der Waals surface area contributed by atoms with Crippen molar-refractivity contribution in [2.75, 3.05) is 26.8 Å². The smallest absolute Gasteiger partial charge is 0.123 e. The first-order valence-corrected chi connectivity index (χ1v) is 8.24. The molecule has 0 N–H and O–H groups in total. The third kappa shape index (κ3) is 3.98. The largest absolute Gasteiger partial charge is 0.381 e. The van der Waals surface area contributed by atoms with Gasteiger partial charge in [-0.2, -0.15) is 5.10 Å². The molecule has 23 heavy (non-hydrogen) atoms. The molecule has 1 saturated heterocycles. The van der Waals surface area contributed by atoms with Crippen molar-refractivity contribution in [1.82, 2.24) is 14.7 Å². The predicted molar refractivity (Wildman–Crippen MR) is 88.6 cm³/mol. The third-order valence-electron chi connectivity index (χ3n) is 4.15. The molecule has 1 aliphatic rings. The lowest BCUT2D eigenvalue weighted by Gasteiger charge is -2.25. The van der Waals surface area contributed by atoms with Gasteiger partial charge in [0.05, 0.1) is 18.9 Å². The minimum Gasteiger partial charge on any atom is -0.381 e. The van der Waals surface area contributed by atoms with Crippen molar-refractivity contribution in [1.29, 1.82) is 0 Å². The zero-order valence-electron chi connectivity index (χ0n) is 13.8. The van der Waals surface area contributed by atoms with E-state index >= 15 is 0 Å². The number of aromatic nitrogens is 2. The van der Waals surface area contributed by atoms with E-state index in [1.807, 2.05) is 4.68 Å². The van der Waals surface area contributed by atoms with Crippen molar-refractivity contribution in [2.45, 2.75) is 26.4 Å². The molecule has 124 valence electrons. The number of ether oxygens (including phenoxy) is 1. The molecule has 1 aliphatic heterocycles. The van der Waals surface area contributed by atoms with Gasteiger partial charge in [0.15, 0.2) is 0 Å². The molecule has 2 heterocycles. The molecule has 0 unspecified atom stereocenters. The van der Waals surface area contributed by atoms with E-state index in [2.05, 4.69) is 25.1 Å². The normalized spacial score (nSPS) is 15.1. The summed E-state index contributed by atoms with van der Waals surface area (Å²) in [6, 6.07) is 6.59. The van der Waals surface area contributed by atoms with E-state index < -0.39 is 0 Å². The van der Waals surface area contributed by atoms with E-state index in [4.69, 9.17) is 9.84 Å². The van der Waals surface area contributed by atoms with Crippen LogP contribution in [0.25, 0.3) is 11.3 Å². The lowest BCUT2D eigenvalue weighted by atomic mass is 10.1. The average molecular weight is 317 g/mol. The van der Waals surface area contributed by atoms with Crippen molar-refractivity contribution in [3.05, 3.63) is 41.8 Å². The number of benzene rings is 1. The van der Waals surface area contributed by atoms with Crippen molar-refractivity contribution in [2.24, 2.45) is 5.92 Å². The van der Waals surface area contributed by atoms with Gasteiger partial charge in [-0.1, -0.05) is 6.92 Å². The predicted octanol–water partition coefficient (Wildman–Crippen LogP) is 3.18. The summed E-state index contributed by atoms with van der Waals surface area (Å²) in [7, 11) is 2.12. The van der Waals surface area contributed by atoms with Gasteiger partial charge < -0.3 is 9.64 Å². The maximum absolute atomic E-state index is 13.2. The molecule has 0 saturated carbocycles. The molecule has 5 heteroatoms. The molecule has 0 radical (unpaired) electrons. The number of nitrogens with zero attached hydrogens (tertiary/aromatic N) is 3. The standard InChI is InChI=1S/C18H24FN3O/c1-3-8-21(2)10-16-11-22(9-14-12-23-13-14)20-18(16)15-4-6-17(19)7-5-15/h4-7,11,14H,3,8-10,12-13H2,1-2H3. The van der Waals surface area contributed by atoms with E-state index in [0.29, 0.717) is 5.92 Å². The summed E-state index contributed by atoms with van der Waals surface area (Å²) in [6.07, 6.45) is 3.25. The second kappa shape index (κ2) is 7.23. The van der Waals surface area contributed by atoms with E-state index in [1.54, 1.807) is 12.1 Å². The van der Waals surface area contributed by atoms with Crippen molar-refractivity contribution in [3.8, 4) is 11.3 Å². The monoisotopic (exact) mass is 317 g/mol. The van der Waals surface area contributed by atoms with Gasteiger partial charge in [-0.25, -0.2) is 4.39 Å². The highest BCUT2D eigenvalue weighted by molar-refractivity contribution is 5.62. The second-order valence-corrected chi connectivity index (χ2v) is 6.37. The highest BCUT2D eigenvalue weighted by atomic mass is 19.1. The fourth-order valence-electron chi connectivity index (χ4n) is 2.93. The Morgan fingerprint density at radius 2 is 2.04 bits per heavy atom. The maximum atomic E-state index is 13.2. The van der Waals surface area contributed by atoms with Crippen LogP contribution < -0.4 is 0 Å². The minimum atomic E-state index is -0.218. The van der Waals surface area contributed by atoms with E-state index in [-0.39, 0.29) is 5.82 Å². The van der Waals surface area contributed by atoms with Crippen molar-refractivity contribution >= 4 is 0 Å². The molecular formula is C18H24FN3O. The molecule has 1 aromatic heterocycles. The van der Waals surface area contributed by atoms with Crippen LogP contribution in [0, 0.1) is 11.7 Å². The molecule has 1 aromatic carbocycles. The molecule has 0 atom stereocenters. The summed E-state index contributed by atoms with van der Waals surface area (Å²) in [5.41, 5.74) is 3.11. The first-order chi connectivity index (χ1) is 11.2. The van der Waals surface area contributed by atoms with Crippen LogP contribution >= 0.6 is 0 Å². The lowest BCUT2D eigenvalue weighted by Crippen LogP contribution is -2.31. The van der Waals surface area contributed by atoms with Crippen LogP contribution in [-0.4, -0.2) is 41.5 Å². The van der Waals surface area contributed by atoms with Gasteiger partial charge in [-0.3, -0.25) is 4.68 Å². The zero-order valence-corrected chi connectivity index (χ0v) is 13.8.